The van der Waals surface area contributed by atoms with Crippen molar-refractivity contribution in [1.82, 2.24) is 14.5 Å². The normalized spacial score (nSPS) is 11.6. The summed E-state index contributed by atoms with van der Waals surface area (Å²) in [6.45, 7) is 0. The van der Waals surface area contributed by atoms with E-state index in [-0.39, 0.29) is 0 Å². The Bertz CT molecular complexity index is 3550. The first-order valence-electron chi connectivity index (χ1n) is 20.8. The van der Waals surface area contributed by atoms with Crippen LogP contribution in [-0.2, 0) is 0 Å². The van der Waals surface area contributed by atoms with Crippen molar-refractivity contribution in [3.63, 3.8) is 0 Å². The topological polar surface area (TPSA) is 30.7 Å². The van der Waals surface area contributed by atoms with Gasteiger partial charge in [-0.15, -0.1) is 0 Å². The highest BCUT2D eigenvalue weighted by Gasteiger charge is 2.16. The molecule has 12 rings (SSSR count). The Hall–Kier alpha value is -8.14. The molecule has 61 heavy (non-hydrogen) atoms. The highest BCUT2D eigenvalue weighted by molar-refractivity contribution is 6.20. The first-order chi connectivity index (χ1) is 30.2. The lowest BCUT2D eigenvalue weighted by atomic mass is 9.89. The molecule has 3 heteroatoms. The maximum atomic E-state index is 5.25. The molecule has 0 N–H and O–H groups in total. The number of fused-ring (bicyclic) bond motifs is 7. The average molecular weight is 776 g/mol. The molecule has 0 saturated heterocycles. The zero-order valence-corrected chi connectivity index (χ0v) is 33.2. The van der Waals surface area contributed by atoms with Crippen LogP contribution in [0.5, 0.6) is 0 Å². The molecule has 0 radical (unpaired) electrons. The highest BCUT2D eigenvalue weighted by atomic mass is 15.0. The molecule has 0 saturated carbocycles. The van der Waals surface area contributed by atoms with E-state index >= 15 is 0 Å². The zero-order chi connectivity index (χ0) is 40.3. The van der Waals surface area contributed by atoms with Gasteiger partial charge < -0.3 is 4.57 Å². The Morgan fingerprint density at radius 3 is 1.44 bits per heavy atom. The molecule has 2 aromatic heterocycles. The van der Waals surface area contributed by atoms with Crippen molar-refractivity contribution in [3.8, 4) is 61.8 Å². The highest BCUT2D eigenvalue weighted by Crippen LogP contribution is 2.40. The molecule has 2 heterocycles. The Labute approximate surface area is 353 Å². The largest absolute Gasteiger partial charge is 0.309 e. The summed E-state index contributed by atoms with van der Waals surface area (Å²) in [4.78, 5) is 10.5. The van der Waals surface area contributed by atoms with Gasteiger partial charge in [-0.05, 0) is 91.0 Å². The number of aromatic nitrogens is 3. The van der Waals surface area contributed by atoms with Crippen molar-refractivity contribution in [1.29, 1.82) is 0 Å². The van der Waals surface area contributed by atoms with Crippen molar-refractivity contribution in [2.24, 2.45) is 0 Å². The van der Waals surface area contributed by atoms with Crippen LogP contribution in [-0.4, -0.2) is 14.5 Å². The van der Waals surface area contributed by atoms with Crippen LogP contribution in [0, 0.1) is 0 Å². The van der Waals surface area contributed by atoms with E-state index in [4.69, 9.17) is 9.97 Å². The predicted molar refractivity (Wildman–Crippen MR) is 256 cm³/mol. The molecule has 0 aliphatic heterocycles. The minimum Gasteiger partial charge on any atom is -0.309 e. The summed E-state index contributed by atoms with van der Waals surface area (Å²) < 4.78 is 2.35. The molecule has 0 bridgehead atoms. The monoisotopic (exact) mass is 775 g/mol. The summed E-state index contributed by atoms with van der Waals surface area (Å²) in [5.41, 5.74) is 13.0. The molecule has 10 aromatic carbocycles. The van der Waals surface area contributed by atoms with E-state index in [1.54, 1.807) is 0 Å². The fourth-order valence-electron chi connectivity index (χ4n) is 9.24. The number of benzene rings is 10. The first kappa shape index (κ1) is 34.9. The fraction of sp³-hybridized carbons (Fsp3) is 0. The molecular formula is C58H37N3. The van der Waals surface area contributed by atoms with Crippen molar-refractivity contribution in [2.45, 2.75) is 0 Å². The molecule has 0 aliphatic rings. The van der Waals surface area contributed by atoms with E-state index in [0.29, 0.717) is 5.82 Å². The molecule has 0 amide bonds. The van der Waals surface area contributed by atoms with Crippen LogP contribution in [0.25, 0.3) is 116 Å². The summed E-state index contributed by atoms with van der Waals surface area (Å²) in [5, 5.41) is 10.0. The van der Waals surface area contributed by atoms with Crippen LogP contribution in [0.1, 0.15) is 0 Å². The number of rotatable bonds is 6. The maximum Gasteiger partial charge on any atom is 0.160 e. The van der Waals surface area contributed by atoms with Crippen LogP contribution in [0.2, 0.25) is 0 Å². The van der Waals surface area contributed by atoms with Gasteiger partial charge in [-0.2, -0.15) is 0 Å². The SMILES string of the molecule is c1ccc(-c2ccc(-c3nc(-c4ccc(-c5c6ccccc6cc6c5ccc5ccccc56)cc4)cc(-c4ccc(-n5c6ccccc6c6ccccc65)cc4)n3)cc2)cc1. The minimum atomic E-state index is 0.689. The van der Waals surface area contributed by atoms with Crippen molar-refractivity contribution >= 4 is 54.1 Å². The number of nitrogens with zero attached hydrogens (tertiary/aromatic N) is 3. The Morgan fingerprint density at radius 1 is 0.279 bits per heavy atom. The van der Waals surface area contributed by atoms with E-state index in [0.717, 1.165) is 39.3 Å². The van der Waals surface area contributed by atoms with Gasteiger partial charge in [0.15, 0.2) is 5.82 Å². The number of hydrogen-bond acceptors (Lipinski definition) is 2. The summed E-state index contributed by atoms with van der Waals surface area (Å²) in [7, 11) is 0. The van der Waals surface area contributed by atoms with E-state index in [1.165, 1.54) is 70.8 Å². The second-order valence-corrected chi connectivity index (χ2v) is 15.8. The third-order valence-corrected chi connectivity index (χ3v) is 12.2. The third kappa shape index (κ3) is 5.98. The number of hydrogen-bond donors (Lipinski definition) is 0. The molecule has 0 unspecified atom stereocenters. The Kier molecular flexibility index (Phi) is 8.17. The summed E-state index contributed by atoms with van der Waals surface area (Å²) in [6, 6.07) is 80.4. The van der Waals surface area contributed by atoms with Gasteiger partial charge in [0.25, 0.3) is 0 Å². The van der Waals surface area contributed by atoms with Crippen LogP contribution in [0.4, 0.5) is 0 Å². The van der Waals surface area contributed by atoms with Crippen molar-refractivity contribution in [2.75, 3.05) is 0 Å². The molecule has 0 fully saturated rings. The van der Waals surface area contributed by atoms with E-state index < -0.39 is 0 Å². The lowest BCUT2D eigenvalue weighted by molar-refractivity contribution is 1.17. The first-order valence-corrected chi connectivity index (χ1v) is 20.8. The molecule has 0 atom stereocenters. The quantitative estimate of drug-likeness (QED) is 0.124. The second-order valence-electron chi connectivity index (χ2n) is 15.8. The molecule has 0 spiro atoms. The van der Waals surface area contributed by atoms with Crippen LogP contribution in [0.15, 0.2) is 224 Å². The minimum absolute atomic E-state index is 0.689. The van der Waals surface area contributed by atoms with E-state index in [2.05, 4.69) is 223 Å². The fourth-order valence-corrected chi connectivity index (χ4v) is 9.24. The lowest BCUT2D eigenvalue weighted by Gasteiger charge is -2.15. The van der Waals surface area contributed by atoms with Gasteiger partial charge in [0, 0.05) is 33.2 Å². The van der Waals surface area contributed by atoms with Crippen molar-refractivity contribution in [3.05, 3.63) is 224 Å². The van der Waals surface area contributed by atoms with Crippen LogP contribution < -0.4 is 0 Å². The Morgan fingerprint density at radius 2 is 0.770 bits per heavy atom. The third-order valence-electron chi connectivity index (χ3n) is 12.2. The van der Waals surface area contributed by atoms with Gasteiger partial charge in [-0.3, -0.25) is 0 Å². The smallest absolute Gasteiger partial charge is 0.160 e. The maximum absolute atomic E-state index is 5.25. The molecule has 3 nitrogen and oxygen atoms in total. The van der Waals surface area contributed by atoms with E-state index in [1.807, 2.05) is 6.07 Å². The average Bonchev–Trinajstić information content (AvgIpc) is 3.68. The van der Waals surface area contributed by atoms with Gasteiger partial charge in [0.05, 0.1) is 22.4 Å². The van der Waals surface area contributed by atoms with Crippen LogP contribution >= 0.6 is 0 Å². The standard InChI is InChI=1S/C58H37N3/c1-2-12-38(13-3-1)39-22-28-44(29-23-39)58-59-53(37-54(60-58)42-30-33-46(34-31-42)61-55-20-10-8-18-49(55)50-19-9-11-21-56(50)61)41-24-26-43(27-25-41)57-48-17-7-5-15-45(48)36-52-47-16-6-4-14-40(47)32-35-51(52)57/h1-37H. The summed E-state index contributed by atoms with van der Waals surface area (Å²) >= 11 is 0. The number of para-hydroxylation sites is 2. The van der Waals surface area contributed by atoms with Gasteiger partial charge in [0.1, 0.15) is 0 Å². The second kappa shape index (κ2) is 14.3. The zero-order valence-electron chi connectivity index (χ0n) is 33.2. The van der Waals surface area contributed by atoms with Crippen LogP contribution in [0.3, 0.4) is 0 Å². The molecule has 284 valence electrons. The van der Waals surface area contributed by atoms with Crippen molar-refractivity contribution < 1.29 is 0 Å². The molecule has 12 aromatic rings. The summed E-state index contributed by atoms with van der Waals surface area (Å²) in [5.74, 6) is 0.689. The molecule has 0 aliphatic carbocycles. The molecular weight excluding hydrogens is 739 g/mol. The summed E-state index contributed by atoms with van der Waals surface area (Å²) in [6.07, 6.45) is 0. The van der Waals surface area contributed by atoms with E-state index in [9.17, 15) is 0 Å². The van der Waals surface area contributed by atoms with Gasteiger partial charge in [-0.1, -0.05) is 188 Å². The van der Waals surface area contributed by atoms with Gasteiger partial charge in [0.2, 0.25) is 0 Å². The Balaban J connectivity index is 0.979. The lowest BCUT2D eigenvalue weighted by Crippen LogP contribution is -1.97. The predicted octanol–water partition coefficient (Wildman–Crippen LogP) is 15.4. The van der Waals surface area contributed by atoms with Gasteiger partial charge >= 0.3 is 0 Å². The van der Waals surface area contributed by atoms with Gasteiger partial charge in [-0.25, -0.2) is 9.97 Å².